The number of hydrogen-bond donors (Lipinski definition) is 2. The van der Waals surface area contributed by atoms with Crippen molar-refractivity contribution in [1.82, 2.24) is 0 Å². The van der Waals surface area contributed by atoms with Crippen molar-refractivity contribution in [2.24, 2.45) is 5.73 Å². The van der Waals surface area contributed by atoms with Gasteiger partial charge in [-0.05, 0) is 5.39 Å². The maximum absolute atomic E-state index is 10.5. The van der Waals surface area contributed by atoms with Crippen LogP contribution in [0, 0.1) is 0 Å². The Morgan fingerprint density at radius 3 is 2.75 bits per heavy atom. The minimum absolute atomic E-state index is 0.0218. The molecule has 2 rings (SSSR count). The van der Waals surface area contributed by atoms with Gasteiger partial charge < -0.3 is 15.6 Å². The molecule has 0 saturated heterocycles. The summed E-state index contributed by atoms with van der Waals surface area (Å²) in [4.78, 5) is 10.5. The third-order valence-corrected chi connectivity index (χ3v) is 2.35. The van der Waals surface area contributed by atoms with Gasteiger partial charge in [0, 0.05) is 10.9 Å². The van der Waals surface area contributed by atoms with E-state index in [0.717, 1.165) is 10.8 Å². The number of primary amides is 1. The van der Waals surface area contributed by atoms with Crippen molar-refractivity contribution in [3.05, 3.63) is 42.0 Å². The first-order valence-corrected chi connectivity index (χ1v) is 4.80. The van der Waals surface area contributed by atoms with Gasteiger partial charge in [0.1, 0.15) is 12.4 Å². The lowest BCUT2D eigenvalue weighted by Crippen LogP contribution is -2.12. The standard InChI is InChI=1S/C12H11NO3/c13-12(15)16-7-9-6-5-8-3-1-2-4-10(8)11(9)14/h1-6,14H,7H2,(H2,13,15). The molecule has 4 nitrogen and oxygen atoms in total. The fourth-order valence-corrected chi connectivity index (χ4v) is 1.57. The smallest absolute Gasteiger partial charge is 0.404 e. The molecule has 0 fully saturated rings. The lowest BCUT2D eigenvalue weighted by molar-refractivity contribution is 0.149. The molecule has 0 atom stereocenters. The predicted molar refractivity (Wildman–Crippen MR) is 60.0 cm³/mol. The molecular weight excluding hydrogens is 206 g/mol. The second kappa shape index (κ2) is 4.10. The van der Waals surface area contributed by atoms with Crippen LogP contribution in [0.1, 0.15) is 5.56 Å². The molecule has 82 valence electrons. The summed E-state index contributed by atoms with van der Waals surface area (Å²) in [6, 6.07) is 11.0. The summed E-state index contributed by atoms with van der Waals surface area (Å²) in [5, 5.41) is 11.6. The average Bonchev–Trinajstić information content (AvgIpc) is 2.28. The van der Waals surface area contributed by atoms with Crippen molar-refractivity contribution < 1.29 is 14.6 Å². The zero-order valence-corrected chi connectivity index (χ0v) is 8.51. The van der Waals surface area contributed by atoms with Crippen LogP contribution in [-0.4, -0.2) is 11.2 Å². The molecule has 3 N–H and O–H groups in total. The Morgan fingerprint density at radius 1 is 1.25 bits per heavy atom. The van der Waals surface area contributed by atoms with Crippen LogP contribution < -0.4 is 5.73 Å². The van der Waals surface area contributed by atoms with Crippen molar-refractivity contribution in [2.45, 2.75) is 6.61 Å². The number of carbonyl (C=O) groups excluding carboxylic acids is 1. The van der Waals surface area contributed by atoms with Crippen molar-refractivity contribution in [2.75, 3.05) is 0 Å². The molecule has 0 aliphatic heterocycles. The van der Waals surface area contributed by atoms with E-state index in [0.29, 0.717) is 5.56 Å². The predicted octanol–water partition coefficient (Wildman–Crippen LogP) is 2.14. The Bertz CT molecular complexity index is 537. The molecule has 1 amide bonds. The molecule has 0 bridgehead atoms. The summed E-state index contributed by atoms with van der Waals surface area (Å²) in [5.41, 5.74) is 5.40. The number of rotatable bonds is 2. The van der Waals surface area contributed by atoms with Gasteiger partial charge in [-0.1, -0.05) is 36.4 Å². The minimum atomic E-state index is -0.854. The molecule has 4 heteroatoms. The van der Waals surface area contributed by atoms with E-state index in [2.05, 4.69) is 4.74 Å². The van der Waals surface area contributed by atoms with E-state index in [1.165, 1.54) is 0 Å². The second-order valence-corrected chi connectivity index (χ2v) is 3.40. The number of amides is 1. The van der Waals surface area contributed by atoms with Crippen LogP contribution in [0.5, 0.6) is 5.75 Å². The van der Waals surface area contributed by atoms with Gasteiger partial charge in [0.2, 0.25) is 0 Å². The fourth-order valence-electron chi connectivity index (χ4n) is 1.57. The monoisotopic (exact) mass is 217 g/mol. The third-order valence-electron chi connectivity index (χ3n) is 2.35. The van der Waals surface area contributed by atoms with E-state index in [1.807, 2.05) is 24.3 Å². The Kier molecular flexibility index (Phi) is 2.64. The van der Waals surface area contributed by atoms with E-state index < -0.39 is 6.09 Å². The average molecular weight is 217 g/mol. The molecular formula is C12H11NO3. The van der Waals surface area contributed by atoms with Crippen LogP contribution in [0.2, 0.25) is 0 Å². The van der Waals surface area contributed by atoms with Crippen LogP contribution in [-0.2, 0) is 11.3 Å². The van der Waals surface area contributed by atoms with Gasteiger partial charge in [0.05, 0.1) is 0 Å². The zero-order chi connectivity index (χ0) is 11.5. The fraction of sp³-hybridized carbons (Fsp3) is 0.0833. The highest BCUT2D eigenvalue weighted by molar-refractivity contribution is 5.89. The number of fused-ring (bicyclic) bond motifs is 1. The molecule has 0 heterocycles. The zero-order valence-electron chi connectivity index (χ0n) is 8.51. The highest BCUT2D eigenvalue weighted by Gasteiger charge is 2.07. The van der Waals surface area contributed by atoms with E-state index in [1.54, 1.807) is 12.1 Å². The summed E-state index contributed by atoms with van der Waals surface area (Å²) in [6.45, 7) is -0.0218. The molecule has 0 unspecified atom stereocenters. The highest BCUT2D eigenvalue weighted by Crippen LogP contribution is 2.28. The minimum Gasteiger partial charge on any atom is -0.507 e. The first-order valence-electron chi connectivity index (χ1n) is 4.80. The van der Waals surface area contributed by atoms with Crippen molar-refractivity contribution in [3.8, 4) is 5.75 Å². The van der Waals surface area contributed by atoms with Gasteiger partial charge in [0.15, 0.2) is 0 Å². The molecule has 0 saturated carbocycles. The van der Waals surface area contributed by atoms with Crippen molar-refractivity contribution in [1.29, 1.82) is 0 Å². The van der Waals surface area contributed by atoms with Gasteiger partial charge >= 0.3 is 6.09 Å². The maximum atomic E-state index is 10.5. The van der Waals surface area contributed by atoms with Gasteiger partial charge in [0.25, 0.3) is 0 Å². The number of benzene rings is 2. The summed E-state index contributed by atoms with van der Waals surface area (Å²) >= 11 is 0. The van der Waals surface area contributed by atoms with Crippen LogP contribution in [0.15, 0.2) is 36.4 Å². The van der Waals surface area contributed by atoms with Crippen LogP contribution in [0.25, 0.3) is 10.8 Å². The molecule has 0 aliphatic rings. The number of phenolic OH excluding ortho intramolecular Hbond substituents is 1. The topological polar surface area (TPSA) is 72.6 Å². The SMILES string of the molecule is NC(=O)OCc1ccc2ccccc2c1O. The van der Waals surface area contributed by atoms with Gasteiger partial charge in [-0.25, -0.2) is 4.79 Å². The Hall–Kier alpha value is -2.23. The molecule has 0 aliphatic carbocycles. The summed E-state index contributed by atoms with van der Waals surface area (Å²) in [5.74, 6) is 0.124. The number of phenols is 1. The Balaban J connectivity index is 2.40. The highest BCUT2D eigenvalue weighted by atomic mass is 16.5. The van der Waals surface area contributed by atoms with Gasteiger partial charge in [-0.15, -0.1) is 0 Å². The van der Waals surface area contributed by atoms with Crippen molar-refractivity contribution >= 4 is 16.9 Å². The first-order chi connectivity index (χ1) is 7.68. The Labute approximate surface area is 92.3 Å². The van der Waals surface area contributed by atoms with Gasteiger partial charge in [-0.2, -0.15) is 0 Å². The van der Waals surface area contributed by atoms with Gasteiger partial charge in [-0.3, -0.25) is 0 Å². The van der Waals surface area contributed by atoms with Crippen LogP contribution >= 0.6 is 0 Å². The maximum Gasteiger partial charge on any atom is 0.404 e. The quantitative estimate of drug-likeness (QED) is 0.809. The second-order valence-electron chi connectivity index (χ2n) is 3.40. The number of carbonyl (C=O) groups is 1. The lowest BCUT2D eigenvalue weighted by Gasteiger charge is -2.07. The van der Waals surface area contributed by atoms with E-state index >= 15 is 0 Å². The van der Waals surface area contributed by atoms with E-state index in [-0.39, 0.29) is 12.4 Å². The molecule has 0 spiro atoms. The van der Waals surface area contributed by atoms with E-state index in [9.17, 15) is 9.90 Å². The molecule has 0 aromatic heterocycles. The van der Waals surface area contributed by atoms with E-state index in [4.69, 9.17) is 5.73 Å². The first kappa shape index (κ1) is 10.3. The number of aromatic hydroxyl groups is 1. The number of ether oxygens (including phenoxy) is 1. The van der Waals surface area contributed by atoms with Crippen molar-refractivity contribution in [3.63, 3.8) is 0 Å². The summed E-state index contributed by atoms with van der Waals surface area (Å²) in [7, 11) is 0. The molecule has 16 heavy (non-hydrogen) atoms. The Morgan fingerprint density at radius 2 is 2.00 bits per heavy atom. The number of hydrogen-bond acceptors (Lipinski definition) is 3. The number of nitrogens with two attached hydrogens (primary N) is 1. The third kappa shape index (κ3) is 1.91. The summed E-state index contributed by atoms with van der Waals surface area (Å²) < 4.78 is 4.64. The molecule has 2 aromatic carbocycles. The summed E-state index contributed by atoms with van der Waals surface area (Å²) in [6.07, 6.45) is -0.854. The lowest BCUT2D eigenvalue weighted by atomic mass is 10.1. The largest absolute Gasteiger partial charge is 0.507 e. The molecule has 0 radical (unpaired) electrons. The van der Waals surface area contributed by atoms with Crippen LogP contribution in [0.4, 0.5) is 4.79 Å². The normalized spacial score (nSPS) is 10.2. The van der Waals surface area contributed by atoms with Crippen LogP contribution in [0.3, 0.4) is 0 Å². The molecule has 2 aromatic rings.